The molecular formula is C18H23FN2O3. The third-order valence-electron chi connectivity index (χ3n) is 5.00. The highest BCUT2D eigenvalue weighted by Gasteiger charge is 2.44. The van der Waals surface area contributed by atoms with Crippen LogP contribution in [0.3, 0.4) is 0 Å². The molecule has 1 heterocycles. The number of amides is 2. The van der Waals surface area contributed by atoms with E-state index < -0.39 is 6.10 Å². The number of likely N-dealkylation sites (tertiary alicyclic amines) is 1. The SMILES string of the molecule is O=C(CN1CCCCC(O)C1=O)NCC1(c2cccc(F)c2)CC1. The second-order valence-electron chi connectivity index (χ2n) is 6.84. The van der Waals surface area contributed by atoms with Gasteiger partial charge in [0.25, 0.3) is 5.91 Å². The number of benzene rings is 1. The van der Waals surface area contributed by atoms with Crippen LogP contribution in [0.15, 0.2) is 24.3 Å². The highest BCUT2D eigenvalue weighted by atomic mass is 19.1. The topological polar surface area (TPSA) is 69.6 Å². The summed E-state index contributed by atoms with van der Waals surface area (Å²) >= 11 is 0. The molecule has 1 atom stereocenters. The van der Waals surface area contributed by atoms with E-state index >= 15 is 0 Å². The second kappa shape index (κ2) is 6.89. The van der Waals surface area contributed by atoms with Crippen molar-refractivity contribution in [1.82, 2.24) is 10.2 Å². The lowest BCUT2D eigenvalue weighted by molar-refractivity contribution is -0.142. The van der Waals surface area contributed by atoms with Crippen molar-refractivity contribution in [1.29, 1.82) is 0 Å². The van der Waals surface area contributed by atoms with Gasteiger partial charge in [0.1, 0.15) is 11.9 Å². The Labute approximate surface area is 140 Å². The van der Waals surface area contributed by atoms with Crippen molar-refractivity contribution in [3.63, 3.8) is 0 Å². The van der Waals surface area contributed by atoms with Crippen LogP contribution in [-0.4, -0.2) is 47.6 Å². The first kappa shape index (κ1) is 16.9. The van der Waals surface area contributed by atoms with Crippen LogP contribution in [0.4, 0.5) is 4.39 Å². The number of hydrogen-bond donors (Lipinski definition) is 2. The van der Waals surface area contributed by atoms with Gasteiger partial charge in [-0.25, -0.2) is 4.39 Å². The smallest absolute Gasteiger partial charge is 0.251 e. The number of nitrogens with one attached hydrogen (secondary N) is 1. The number of rotatable bonds is 5. The fourth-order valence-electron chi connectivity index (χ4n) is 3.28. The Morgan fingerprint density at radius 3 is 2.88 bits per heavy atom. The monoisotopic (exact) mass is 334 g/mol. The molecule has 0 bridgehead atoms. The van der Waals surface area contributed by atoms with Crippen LogP contribution in [0.1, 0.15) is 37.7 Å². The Bertz CT molecular complexity index is 630. The molecule has 1 aliphatic carbocycles. The van der Waals surface area contributed by atoms with Crippen molar-refractivity contribution in [2.45, 2.75) is 43.6 Å². The Balaban J connectivity index is 1.55. The molecule has 1 aromatic carbocycles. The van der Waals surface area contributed by atoms with Crippen LogP contribution in [0, 0.1) is 5.82 Å². The molecule has 1 aromatic rings. The van der Waals surface area contributed by atoms with Gasteiger partial charge in [0.15, 0.2) is 0 Å². The molecule has 2 aliphatic rings. The fourth-order valence-corrected chi connectivity index (χ4v) is 3.28. The maximum absolute atomic E-state index is 13.4. The van der Waals surface area contributed by atoms with E-state index in [0.717, 1.165) is 31.2 Å². The largest absolute Gasteiger partial charge is 0.383 e. The Hall–Kier alpha value is -1.95. The molecule has 3 rings (SSSR count). The summed E-state index contributed by atoms with van der Waals surface area (Å²) in [4.78, 5) is 25.6. The van der Waals surface area contributed by atoms with Crippen LogP contribution in [-0.2, 0) is 15.0 Å². The van der Waals surface area contributed by atoms with E-state index in [0.29, 0.717) is 19.5 Å². The maximum Gasteiger partial charge on any atom is 0.251 e. The molecule has 1 saturated carbocycles. The molecule has 6 heteroatoms. The summed E-state index contributed by atoms with van der Waals surface area (Å²) in [6.45, 7) is 0.910. The van der Waals surface area contributed by atoms with Crippen LogP contribution in [0.2, 0.25) is 0 Å². The molecule has 130 valence electrons. The summed E-state index contributed by atoms with van der Waals surface area (Å²) in [7, 11) is 0. The second-order valence-corrected chi connectivity index (χ2v) is 6.84. The zero-order chi connectivity index (χ0) is 17.2. The number of hydrogen-bond acceptors (Lipinski definition) is 3. The van der Waals surface area contributed by atoms with E-state index in [1.165, 1.54) is 17.0 Å². The van der Waals surface area contributed by atoms with Crippen molar-refractivity contribution < 1.29 is 19.1 Å². The molecule has 2 amide bonds. The van der Waals surface area contributed by atoms with E-state index in [1.807, 2.05) is 6.07 Å². The van der Waals surface area contributed by atoms with Crippen LogP contribution in [0.5, 0.6) is 0 Å². The minimum absolute atomic E-state index is 0.0326. The number of nitrogens with zero attached hydrogens (tertiary/aromatic N) is 1. The molecule has 1 saturated heterocycles. The minimum atomic E-state index is -0.998. The maximum atomic E-state index is 13.4. The number of carbonyl (C=O) groups is 2. The highest BCUT2D eigenvalue weighted by molar-refractivity contribution is 5.87. The fraction of sp³-hybridized carbons (Fsp3) is 0.556. The third kappa shape index (κ3) is 3.75. The van der Waals surface area contributed by atoms with E-state index in [2.05, 4.69) is 5.32 Å². The van der Waals surface area contributed by atoms with Gasteiger partial charge >= 0.3 is 0 Å². The normalized spacial score (nSPS) is 22.8. The highest BCUT2D eigenvalue weighted by Crippen LogP contribution is 2.47. The van der Waals surface area contributed by atoms with Crippen molar-refractivity contribution in [3.05, 3.63) is 35.6 Å². The summed E-state index contributed by atoms with van der Waals surface area (Å²) in [6, 6.07) is 6.50. The van der Waals surface area contributed by atoms with Crippen molar-refractivity contribution in [2.24, 2.45) is 0 Å². The third-order valence-corrected chi connectivity index (χ3v) is 5.00. The molecule has 2 fully saturated rings. The summed E-state index contributed by atoms with van der Waals surface area (Å²) in [5.41, 5.74) is 0.726. The van der Waals surface area contributed by atoms with E-state index in [1.54, 1.807) is 6.07 Å². The predicted octanol–water partition coefficient (Wildman–Crippen LogP) is 1.35. The number of aliphatic hydroxyl groups excluding tert-OH is 1. The van der Waals surface area contributed by atoms with E-state index in [9.17, 15) is 19.1 Å². The van der Waals surface area contributed by atoms with Gasteiger partial charge in [-0.05, 0) is 49.8 Å². The Kier molecular flexibility index (Phi) is 4.85. The van der Waals surface area contributed by atoms with Crippen molar-refractivity contribution in [3.8, 4) is 0 Å². The first-order valence-corrected chi connectivity index (χ1v) is 8.50. The van der Waals surface area contributed by atoms with Crippen LogP contribution >= 0.6 is 0 Å². The predicted molar refractivity (Wildman–Crippen MR) is 86.8 cm³/mol. The molecule has 0 spiro atoms. The molecule has 5 nitrogen and oxygen atoms in total. The summed E-state index contributed by atoms with van der Waals surface area (Å²) in [5.74, 6) is -0.872. The summed E-state index contributed by atoms with van der Waals surface area (Å²) < 4.78 is 13.4. The van der Waals surface area contributed by atoms with E-state index in [4.69, 9.17) is 0 Å². The number of carbonyl (C=O) groups excluding carboxylic acids is 2. The molecule has 0 aromatic heterocycles. The van der Waals surface area contributed by atoms with Gasteiger partial charge in [0, 0.05) is 18.5 Å². The quantitative estimate of drug-likeness (QED) is 0.854. The van der Waals surface area contributed by atoms with Gasteiger partial charge in [-0.15, -0.1) is 0 Å². The van der Waals surface area contributed by atoms with Gasteiger partial charge in [0.05, 0.1) is 6.54 Å². The minimum Gasteiger partial charge on any atom is -0.383 e. The average molecular weight is 334 g/mol. The van der Waals surface area contributed by atoms with Crippen LogP contribution in [0.25, 0.3) is 0 Å². The van der Waals surface area contributed by atoms with Crippen molar-refractivity contribution >= 4 is 11.8 Å². The molecule has 0 radical (unpaired) electrons. The standard InChI is InChI=1S/C18H23FN2O3/c19-14-5-3-4-13(10-14)18(7-8-18)12-20-16(23)11-21-9-2-1-6-15(22)17(21)24/h3-5,10,15,22H,1-2,6-9,11-12H2,(H,20,23). The lowest BCUT2D eigenvalue weighted by Gasteiger charge is -2.23. The van der Waals surface area contributed by atoms with Gasteiger partial charge in [0.2, 0.25) is 5.91 Å². The molecule has 1 unspecified atom stereocenters. The molecule has 24 heavy (non-hydrogen) atoms. The Morgan fingerprint density at radius 2 is 2.17 bits per heavy atom. The first-order valence-electron chi connectivity index (χ1n) is 8.50. The van der Waals surface area contributed by atoms with Gasteiger partial charge in [-0.2, -0.15) is 0 Å². The number of halogens is 1. The lowest BCUT2D eigenvalue weighted by Crippen LogP contribution is -2.45. The first-order chi connectivity index (χ1) is 11.5. The van der Waals surface area contributed by atoms with Crippen LogP contribution < -0.4 is 5.32 Å². The average Bonchev–Trinajstić information content (AvgIpc) is 3.37. The lowest BCUT2D eigenvalue weighted by atomic mass is 9.96. The molecular weight excluding hydrogens is 311 g/mol. The summed E-state index contributed by atoms with van der Waals surface area (Å²) in [5, 5.41) is 12.6. The van der Waals surface area contributed by atoms with Gasteiger partial charge in [-0.1, -0.05) is 12.1 Å². The summed E-state index contributed by atoms with van der Waals surface area (Å²) in [6.07, 6.45) is 2.87. The van der Waals surface area contributed by atoms with Gasteiger partial charge < -0.3 is 15.3 Å². The van der Waals surface area contributed by atoms with Gasteiger partial charge in [-0.3, -0.25) is 9.59 Å². The molecule has 2 N–H and O–H groups in total. The zero-order valence-electron chi connectivity index (χ0n) is 13.6. The van der Waals surface area contributed by atoms with E-state index in [-0.39, 0.29) is 29.6 Å². The van der Waals surface area contributed by atoms with Crippen molar-refractivity contribution in [2.75, 3.05) is 19.6 Å². The zero-order valence-corrected chi connectivity index (χ0v) is 13.6. The Morgan fingerprint density at radius 1 is 1.38 bits per heavy atom. The number of aliphatic hydroxyl groups is 1. The molecule has 1 aliphatic heterocycles.